The first-order valence-electron chi connectivity index (χ1n) is 5.23. The van der Waals surface area contributed by atoms with Gasteiger partial charge in [0.15, 0.2) is 0 Å². The fourth-order valence-electron chi connectivity index (χ4n) is 1.45. The van der Waals surface area contributed by atoms with Gasteiger partial charge in [0.25, 0.3) is 0 Å². The van der Waals surface area contributed by atoms with Crippen molar-refractivity contribution < 1.29 is 4.79 Å². The van der Waals surface area contributed by atoms with E-state index in [0.717, 1.165) is 5.56 Å². The van der Waals surface area contributed by atoms with Crippen molar-refractivity contribution in [3.63, 3.8) is 0 Å². The third-order valence-corrected chi connectivity index (χ3v) is 2.22. The molecule has 0 heterocycles. The predicted molar refractivity (Wildman–Crippen MR) is 64.4 cm³/mol. The minimum atomic E-state index is -0.0446. The molecule has 0 atom stereocenters. The number of nitrogens with two attached hydrogens (primary N) is 1. The van der Waals surface area contributed by atoms with Gasteiger partial charge in [0.2, 0.25) is 5.91 Å². The Kier molecular flexibility index (Phi) is 5.10. The zero-order valence-electron chi connectivity index (χ0n) is 9.23. The molecule has 0 bridgehead atoms. The molecule has 1 amide bonds. The van der Waals surface area contributed by atoms with Gasteiger partial charge < -0.3 is 10.6 Å². The molecule has 3 nitrogen and oxygen atoms in total. The summed E-state index contributed by atoms with van der Waals surface area (Å²) in [6.45, 7) is 1.55. The van der Waals surface area contributed by atoms with Gasteiger partial charge in [0, 0.05) is 19.6 Å². The van der Waals surface area contributed by atoms with E-state index in [-0.39, 0.29) is 12.3 Å². The Morgan fingerprint density at radius 3 is 2.62 bits per heavy atom. The second kappa shape index (κ2) is 6.65. The topological polar surface area (TPSA) is 46.3 Å². The van der Waals surface area contributed by atoms with Gasteiger partial charge in [0.1, 0.15) is 0 Å². The Balaban J connectivity index is 2.65. The third-order valence-electron chi connectivity index (χ3n) is 2.22. The highest BCUT2D eigenvalue weighted by Gasteiger charge is 2.11. The molecule has 0 spiro atoms. The van der Waals surface area contributed by atoms with Crippen molar-refractivity contribution in [3.05, 3.63) is 35.9 Å². The summed E-state index contributed by atoms with van der Waals surface area (Å²) in [5.74, 6) is 2.32. The number of terminal acetylenes is 1. The molecule has 0 aliphatic heterocycles. The molecule has 0 saturated carbocycles. The van der Waals surface area contributed by atoms with Crippen LogP contribution >= 0.6 is 0 Å². The molecular weight excluding hydrogens is 200 g/mol. The van der Waals surface area contributed by atoms with Gasteiger partial charge in [-0.1, -0.05) is 36.3 Å². The number of carbonyl (C=O) groups excluding carboxylic acids is 1. The molecule has 2 N–H and O–H groups in total. The maximum atomic E-state index is 11.7. The summed E-state index contributed by atoms with van der Waals surface area (Å²) in [4.78, 5) is 13.4. The van der Waals surface area contributed by atoms with Gasteiger partial charge >= 0.3 is 0 Å². The van der Waals surface area contributed by atoms with Crippen molar-refractivity contribution in [2.24, 2.45) is 5.73 Å². The largest absolute Gasteiger partial charge is 0.336 e. The molecule has 1 aromatic carbocycles. The van der Waals surface area contributed by atoms with Gasteiger partial charge in [-0.25, -0.2) is 0 Å². The van der Waals surface area contributed by atoms with Crippen LogP contribution in [0.15, 0.2) is 30.3 Å². The lowest BCUT2D eigenvalue weighted by molar-refractivity contribution is -0.130. The number of carbonyl (C=O) groups is 1. The fraction of sp³-hybridized carbons (Fsp3) is 0.308. The maximum absolute atomic E-state index is 11.7. The van der Waals surface area contributed by atoms with Crippen molar-refractivity contribution >= 4 is 5.91 Å². The van der Waals surface area contributed by atoms with Crippen molar-refractivity contribution in [3.8, 4) is 12.3 Å². The summed E-state index contributed by atoms with van der Waals surface area (Å²) in [5, 5.41) is 0. The lowest BCUT2D eigenvalue weighted by Crippen LogP contribution is -2.34. The Morgan fingerprint density at radius 1 is 1.38 bits per heavy atom. The first-order chi connectivity index (χ1) is 7.77. The van der Waals surface area contributed by atoms with E-state index in [4.69, 9.17) is 12.2 Å². The van der Waals surface area contributed by atoms with Crippen LogP contribution in [-0.4, -0.2) is 23.9 Å². The smallest absolute Gasteiger partial charge is 0.234 e. The van der Waals surface area contributed by atoms with Crippen molar-refractivity contribution in [2.45, 2.75) is 13.0 Å². The molecular formula is C13H16N2O. The molecule has 0 unspecified atom stereocenters. The second-order valence-electron chi connectivity index (χ2n) is 3.47. The Hall–Kier alpha value is -1.79. The van der Waals surface area contributed by atoms with Crippen LogP contribution in [0, 0.1) is 12.3 Å². The van der Waals surface area contributed by atoms with Crippen LogP contribution in [0.3, 0.4) is 0 Å². The average Bonchev–Trinajstić information content (AvgIpc) is 2.30. The highest BCUT2D eigenvalue weighted by atomic mass is 16.2. The molecule has 0 fully saturated rings. The summed E-state index contributed by atoms with van der Waals surface area (Å²) in [6.07, 6.45) is 5.26. The van der Waals surface area contributed by atoms with Gasteiger partial charge in [-0.3, -0.25) is 4.79 Å². The van der Waals surface area contributed by atoms with Crippen LogP contribution in [-0.2, 0) is 11.3 Å². The van der Waals surface area contributed by atoms with E-state index in [1.165, 1.54) is 0 Å². The normalized spacial score (nSPS) is 9.50. The standard InChI is InChI=1S/C13H16N2O/c1-2-6-13(16)15(10-9-14)11-12-7-4-3-5-8-12/h1,3-5,7-8H,6,9-11,14H2. The summed E-state index contributed by atoms with van der Waals surface area (Å²) in [6, 6.07) is 9.79. The van der Waals surface area contributed by atoms with E-state index in [9.17, 15) is 4.79 Å². The van der Waals surface area contributed by atoms with Crippen LogP contribution < -0.4 is 5.73 Å². The van der Waals surface area contributed by atoms with E-state index in [1.54, 1.807) is 4.90 Å². The molecule has 3 heteroatoms. The minimum Gasteiger partial charge on any atom is -0.336 e. The summed E-state index contributed by atoms with van der Waals surface area (Å²) >= 11 is 0. The van der Waals surface area contributed by atoms with Crippen LogP contribution in [0.25, 0.3) is 0 Å². The quantitative estimate of drug-likeness (QED) is 0.746. The molecule has 84 valence electrons. The molecule has 1 rings (SSSR count). The Morgan fingerprint density at radius 2 is 2.06 bits per heavy atom. The third kappa shape index (κ3) is 3.76. The van der Waals surface area contributed by atoms with Gasteiger partial charge in [-0.05, 0) is 5.56 Å². The zero-order valence-corrected chi connectivity index (χ0v) is 9.23. The first-order valence-corrected chi connectivity index (χ1v) is 5.23. The maximum Gasteiger partial charge on any atom is 0.234 e. The van der Waals surface area contributed by atoms with E-state index < -0.39 is 0 Å². The Bertz CT molecular complexity index is 367. The zero-order chi connectivity index (χ0) is 11.8. The monoisotopic (exact) mass is 216 g/mol. The molecule has 0 saturated heterocycles. The fourth-order valence-corrected chi connectivity index (χ4v) is 1.45. The average molecular weight is 216 g/mol. The lowest BCUT2D eigenvalue weighted by Gasteiger charge is -2.21. The predicted octanol–water partition coefficient (Wildman–Crippen LogP) is 0.997. The molecule has 16 heavy (non-hydrogen) atoms. The number of rotatable bonds is 5. The molecule has 0 aliphatic carbocycles. The second-order valence-corrected chi connectivity index (χ2v) is 3.47. The molecule has 1 aromatic rings. The molecule has 0 aromatic heterocycles. The van der Waals surface area contributed by atoms with E-state index in [2.05, 4.69) is 5.92 Å². The van der Waals surface area contributed by atoms with E-state index >= 15 is 0 Å². The number of hydrogen-bond donors (Lipinski definition) is 1. The van der Waals surface area contributed by atoms with Gasteiger partial charge in [-0.2, -0.15) is 0 Å². The Labute approximate surface area is 96.2 Å². The number of nitrogens with zero attached hydrogens (tertiary/aromatic N) is 1. The summed E-state index contributed by atoms with van der Waals surface area (Å²) < 4.78 is 0. The highest BCUT2D eigenvalue weighted by Crippen LogP contribution is 2.05. The van der Waals surface area contributed by atoms with Gasteiger partial charge in [-0.15, -0.1) is 6.42 Å². The summed E-state index contributed by atoms with van der Waals surface area (Å²) in [5.41, 5.74) is 6.56. The number of amides is 1. The SMILES string of the molecule is C#CCC(=O)N(CCN)Cc1ccccc1. The van der Waals surface area contributed by atoms with Crippen LogP contribution in [0.5, 0.6) is 0 Å². The first kappa shape index (κ1) is 12.3. The van der Waals surface area contributed by atoms with Crippen molar-refractivity contribution in [1.29, 1.82) is 0 Å². The van der Waals surface area contributed by atoms with Crippen LogP contribution in [0.1, 0.15) is 12.0 Å². The van der Waals surface area contributed by atoms with E-state index in [1.807, 2.05) is 30.3 Å². The summed E-state index contributed by atoms with van der Waals surface area (Å²) in [7, 11) is 0. The van der Waals surface area contributed by atoms with Crippen LogP contribution in [0.2, 0.25) is 0 Å². The molecule has 0 radical (unpaired) electrons. The van der Waals surface area contributed by atoms with Gasteiger partial charge in [0.05, 0.1) is 6.42 Å². The van der Waals surface area contributed by atoms with Crippen LogP contribution in [0.4, 0.5) is 0 Å². The van der Waals surface area contributed by atoms with E-state index in [0.29, 0.717) is 19.6 Å². The van der Waals surface area contributed by atoms with Crippen molar-refractivity contribution in [1.82, 2.24) is 4.90 Å². The number of benzene rings is 1. The minimum absolute atomic E-state index is 0.0446. The van der Waals surface area contributed by atoms with Crippen molar-refractivity contribution in [2.75, 3.05) is 13.1 Å². The highest BCUT2D eigenvalue weighted by molar-refractivity contribution is 5.78. The number of hydrogen-bond acceptors (Lipinski definition) is 2. The lowest BCUT2D eigenvalue weighted by atomic mass is 10.2. The molecule has 0 aliphatic rings.